The number of amides is 1. The molecule has 2 aromatic carbocycles. The van der Waals surface area contributed by atoms with Crippen LogP contribution in [0, 0.1) is 12.7 Å². The third kappa shape index (κ3) is 6.46. The van der Waals surface area contributed by atoms with Crippen LogP contribution in [0.3, 0.4) is 0 Å². The number of rotatable bonds is 7. The zero-order valence-corrected chi connectivity index (χ0v) is 23.1. The fourth-order valence-corrected chi connectivity index (χ4v) is 5.36. The molecule has 0 aliphatic carbocycles. The number of hydrogen-bond donors (Lipinski definition) is 2. The molecule has 0 saturated carbocycles. The predicted octanol–water partition coefficient (Wildman–Crippen LogP) is 6.20. The molecule has 2 aromatic heterocycles. The van der Waals surface area contributed by atoms with E-state index in [-0.39, 0.29) is 16.4 Å². The summed E-state index contributed by atoms with van der Waals surface area (Å²) in [6.45, 7) is 8.54. The zero-order chi connectivity index (χ0) is 29.1. The predicted molar refractivity (Wildman–Crippen MR) is 151 cm³/mol. The zero-order valence-electron chi connectivity index (χ0n) is 22.3. The molecule has 1 saturated heterocycles. The number of hydrogen-bond acceptors (Lipinski definition) is 8. The second kappa shape index (κ2) is 11.8. The van der Waals surface area contributed by atoms with Crippen molar-refractivity contribution in [3.63, 3.8) is 0 Å². The van der Waals surface area contributed by atoms with Gasteiger partial charge >= 0.3 is 6.18 Å². The quantitative estimate of drug-likeness (QED) is 0.250. The van der Waals surface area contributed by atoms with E-state index in [1.807, 2.05) is 6.07 Å². The normalized spacial score (nSPS) is 14.2. The van der Waals surface area contributed by atoms with E-state index in [2.05, 4.69) is 42.3 Å². The lowest BCUT2D eigenvalue weighted by Crippen LogP contribution is -2.46. The van der Waals surface area contributed by atoms with E-state index in [9.17, 15) is 22.4 Å². The molecule has 13 heteroatoms. The summed E-state index contributed by atoms with van der Waals surface area (Å²) in [5.74, 6) is -0.392. The summed E-state index contributed by atoms with van der Waals surface area (Å²) in [6.07, 6.45) is -3.32. The van der Waals surface area contributed by atoms with Gasteiger partial charge in [-0.2, -0.15) is 13.2 Å². The van der Waals surface area contributed by atoms with Crippen LogP contribution in [-0.2, 0) is 6.18 Å². The van der Waals surface area contributed by atoms with Crippen LogP contribution >= 0.6 is 11.3 Å². The van der Waals surface area contributed by atoms with E-state index >= 15 is 0 Å². The van der Waals surface area contributed by atoms with E-state index < -0.39 is 23.5 Å². The van der Waals surface area contributed by atoms with Crippen LogP contribution in [0.1, 0.15) is 27.7 Å². The molecule has 41 heavy (non-hydrogen) atoms. The van der Waals surface area contributed by atoms with Gasteiger partial charge in [0.1, 0.15) is 23.8 Å². The molecule has 0 bridgehead atoms. The molecule has 4 aromatic rings. The third-order valence-corrected chi connectivity index (χ3v) is 7.68. The van der Waals surface area contributed by atoms with Crippen molar-refractivity contribution in [1.29, 1.82) is 0 Å². The maximum Gasteiger partial charge on any atom is 0.419 e. The SMILES string of the molecule is CCN1CCN(c2cc(Nc3ccc(C(=O)Nc4nc(-c5cccc(C(F)(F)F)c5F)c(C)s4)cc3)ncn2)CC1. The molecule has 8 nitrogen and oxygen atoms in total. The molecule has 0 atom stereocenters. The number of piperazine rings is 1. The van der Waals surface area contributed by atoms with Crippen molar-refractivity contribution in [2.75, 3.05) is 48.3 Å². The Labute approximate surface area is 238 Å². The van der Waals surface area contributed by atoms with Crippen molar-refractivity contribution in [2.24, 2.45) is 0 Å². The minimum atomic E-state index is -4.83. The lowest BCUT2D eigenvalue weighted by Gasteiger charge is -2.34. The van der Waals surface area contributed by atoms with Gasteiger partial charge in [0.05, 0.1) is 11.3 Å². The Hall–Kier alpha value is -4.10. The molecule has 0 radical (unpaired) electrons. The molecule has 3 heterocycles. The number of aryl methyl sites for hydroxylation is 1. The minimum Gasteiger partial charge on any atom is -0.354 e. The van der Waals surface area contributed by atoms with Gasteiger partial charge in [-0.1, -0.05) is 13.0 Å². The topological polar surface area (TPSA) is 86.3 Å². The molecule has 1 fully saturated rings. The Morgan fingerprint density at radius 1 is 1.05 bits per heavy atom. The fourth-order valence-electron chi connectivity index (χ4n) is 4.54. The van der Waals surface area contributed by atoms with Gasteiger partial charge in [-0.3, -0.25) is 10.1 Å². The number of anilines is 4. The van der Waals surface area contributed by atoms with Gasteiger partial charge in [0.2, 0.25) is 0 Å². The lowest BCUT2D eigenvalue weighted by molar-refractivity contribution is -0.139. The van der Waals surface area contributed by atoms with E-state index in [0.29, 0.717) is 22.3 Å². The van der Waals surface area contributed by atoms with Crippen LogP contribution in [0.4, 0.5) is 40.0 Å². The number of carbonyl (C=O) groups is 1. The number of benzene rings is 2. The summed E-state index contributed by atoms with van der Waals surface area (Å²) in [5, 5.41) is 6.02. The average Bonchev–Trinajstić information content (AvgIpc) is 3.32. The van der Waals surface area contributed by atoms with Crippen LogP contribution in [0.2, 0.25) is 0 Å². The Balaban J connectivity index is 1.24. The lowest BCUT2D eigenvalue weighted by atomic mass is 10.1. The molecule has 1 aliphatic heterocycles. The van der Waals surface area contributed by atoms with Crippen molar-refractivity contribution in [2.45, 2.75) is 20.0 Å². The number of alkyl halides is 3. The first-order chi connectivity index (χ1) is 19.6. The summed E-state index contributed by atoms with van der Waals surface area (Å²) in [4.78, 5) is 30.8. The molecule has 1 amide bonds. The molecule has 1 aliphatic rings. The van der Waals surface area contributed by atoms with E-state index in [1.165, 1.54) is 12.4 Å². The second-order valence-electron chi connectivity index (χ2n) is 9.43. The fraction of sp³-hybridized carbons (Fsp3) is 0.286. The summed E-state index contributed by atoms with van der Waals surface area (Å²) in [7, 11) is 0. The van der Waals surface area contributed by atoms with Crippen LogP contribution in [0.15, 0.2) is 54.9 Å². The summed E-state index contributed by atoms with van der Waals surface area (Å²) in [6, 6.07) is 11.6. The Morgan fingerprint density at radius 2 is 1.78 bits per heavy atom. The highest BCUT2D eigenvalue weighted by molar-refractivity contribution is 7.16. The highest BCUT2D eigenvalue weighted by Crippen LogP contribution is 2.38. The molecule has 0 spiro atoms. The first kappa shape index (κ1) is 28.4. The smallest absolute Gasteiger partial charge is 0.354 e. The standard InChI is InChI=1S/C28H27F4N7OS/c1-3-38-11-13-39(14-12-38)23-15-22(33-16-34-23)35-19-9-7-18(8-10-19)26(40)37-27-36-25(17(2)41-27)20-5-4-6-21(24(20)29)28(30,31)32/h4-10,15-16H,3,11-14H2,1-2H3,(H,33,34,35)(H,36,37,40). The van der Waals surface area contributed by atoms with E-state index in [0.717, 1.165) is 61.6 Å². The highest BCUT2D eigenvalue weighted by Gasteiger charge is 2.35. The molecule has 5 rings (SSSR count). The first-order valence-electron chi connectivity index (χ1n) is 12.9. The number of aromatic nitrogens is 3. The van der Waals surface area contributed by atoms with Crippen LogP contribution in [-0.4, -0.2) is 58.5 Å². The van der Waals surface area contributed by atoms with E-state index in [4.69, 9.17) is 0 Å². The molecular formula is C28H27F4N7OS. The number of carbonyl (C=O) groups excluding carboxylic acids is 1. The van der Waals surface area contributed by atoms with Crippen LogP contribution in [0.25, 0.3) is 11.3 Å². The number of thiazole rings is 1. The Bertz CT molecular complexity index is 1530. The number of likely N-dealkylation sites (N-methyl/N-ethyl adjacent to an activating group) is 1. The number of nitrogens with zero attached hydrogens (tertiary/aromatic N) is 5. The number of halogens is 4. The van der Waals surface area contributed by atoms with E-state index in [1.54, 1.807) is 31.2 Å². The summed E-state index contributed by atoms with van der Waals surface area (Å²) < 4.78 is 54.1. The maximum absolute atomic E-state index is 14.6. The van der Waals surface area contributed by atoms with Gasteiger partial charge in [-0.15, -0.1) is 11.3 Å². The average molecular weight is 586 g/mol. The summed E-state index contributed by atoms with van der Waals surface area (Å²) >= 11 is 1.05. The van der Waals surface area contributed by atoms with Gasteiger partial charge in [-0.25, -0.2) is 19.3 Å². The van der Waals surface area contributed by atoms with Gasteiger partial charge in [-0.05, 0) is 49.9 Å². The Morgan fingerprint density at radius 3 is 2.46 bits per heavy atom. The van der Waals surface area contributed by atoms with Gasteiger partial charge in [0.15, 0.2) is 5.13 Å². The summed E-state index contributed by atoms with van der Waals surface area (Å²) in [5.41, 5.74) is -0.540. The Kier molecular flexibility index (Phi) is 8.18. The largest absolute Gasteiger partial charge is 0.419 e. The van der Waals surface area contributed by atoms with Crippen LogP contribution in [0.5, 0.6) is 0 Å². The number of nitrogens with one attached hydrogen (secondary N) is 2. The molecular weight excluding hydrogens is 558 g/mol. The molecule has 2 N–H and O–H groups in total. The van der Waals surface area contributed by atoms with Crippen molar-refractivity contribution in [1.82, 2.24) is 19.9 Å². The van der Waals surface area contributed by atoms with Crippen molar-refractivity contribution in [3.8, 4) is 11.3 Å². The van der Waals surface area contributed by atoms with Crippen molar-refractivity contribution in [3.05, 3.63) is 76.7 Å². The van der Waals surface area contributed by atoms with Gasteiger partial charge in [0.25, 0.3) is 5.91 Å². The minimum absolute atomic E-state index is 0.0462. The van der Waals surface area contributed by atoms with Crippen molar-refractivity contribution >= 4 is 39.7 Å². The molecule has 0 unspecified atom stereocenters. The van der Waals surface area contributed by atoms with Crippen LogP contribution < -0.4 is 15.5 Å². The van der Waals surface area contributed by atoms with Crippen molar-refractivity contribution < 1.29 is 22.4 Å². The monoisotopic (exact) mass is 585 g/mol. The molecule has 214 valence electrons. The second-order valence-corrected chi connectivity index (χ2v) is 10.6. The van der Waals surface area contributed by atoms with Gasteiger partial charge in [0, 0.05) is 53.9 Å². The maximum atomic E-state index is 14.6. The highest BCUT2D eigenvalue weighted by atomic mass is 32.1. The first-order valence-corrected chi connectivity index (χ1v) is 13.8. The third-order valence-electron chi connectivity index (χ3n) is 6.79. The van der Waals surface area contributed by atoms with Gasteiger partial charge < -0.3 is 15.1 Å².